The zero-order chi connectivity index (χ0) is 15.4. The number of hydrogen-bond donors (Lipinski definition) is 2. The van der Waals surface area contributed by atoms with Crippen molar-refractivity contribution in [2.24, 2.45) is 0 Å². The molecule has 0 bridgehead atoms. The molecule has 8 heteroatoms. The SMILES string of the molecule is Cc1csc(NC(=O)CSc2n[nH]c(-c3ccccc3)n2)n1. The van der Waals surface area contributed by atoms with Crippen LogP contribution in [-0.2, 0) is 4.79 Å². The van der Waals surface area contributed by atoms with Gasteiger partial charge in [0.2, 0.25) is 11.1 Å². The lowest BCUT2D eigenvalue weighted by Gasteiger charge is -1.98. The van der Waals surface area contributed by atoms with E-state index in [1.165, 1.54) is 23.1 Å². The summed E-state index contributed by atoms with van der Waals surface area (Å²) in [6.07, 6.45) is 0. The predicted octanol–water partition coefficient (Wildman–Crippen LogP) is 2.97. The number of amides is 1. The Morgan fingerprint density at radius 2 is 2.14 bits per heavy atom. The maximum absolute atomic E-state index is 11.8. The van der Waals surface area contributed by atoms with E-state index >= 15 is 0 Å². The molecule has 22 heavy (non-hydrogen) atoms. The highest BCUT2D eigenvalue weighted by Crippen LogP contribution is 2.19. The number of nitrogens with one attached hydrogen (secondary N) is 2. The monoisotopic (exact) mass is 331 g/mol. The number of aromatic nitrogens is 4. The van der Waals surface area contributed by atoms with Gasteiger partial charge in [-0.3, -0.25) is 9.89 Å². The molecule has 0 atom stereocenters. The van der Waals surface area contributed by atoms with Crippen molar-refractivity contribution in [3.63, 3.8) is 0 Å². The Morgan fingerprint density at radius 3 is 2.86 bits per heavy atom. The fourth-order valence-corrected chi connectivity index (χ4v) is 3.04. The molecule has 0 aliphatic carbocycles. The summed E-state index contributed by atoms with van der Waals surface area (Å²) in [4.78, 5) is 20.4. The van der Waals surface area contributed by atoms with Crippen molar-refractivity contribution in [2.75, 3.05) is 11.1 Å². The van der Waals surface area contributed by atoms with Crippen LogP contribution in [0.2, 0.25) is 0 Å². The van der Waals surface area contributed by atoms with Crippen LogP contribution in [0.15, 0.2) is 40.9 Å². The van der Waals surface area contributed by atoms with E-state index in [1.807, 2.05) is 42.6 Å². The Kier molecular flexibility index (Phi) is 4.50. The summed E-state index contributed by atoms with van der Waals surface area (Å²) in [5.41, 5.74) is 1.86. The van der Waals surface area contributed by atoms with Crippen LogP contribution < -0.4 is 5.32 Å². The van der Waals surface area contributed by atoms with E-state index in [-0.39, 0.29) is 11.7 Å². The Hall–Kier alpha value is -2.19. The van der Waals surface area contributed by atoms with Gasteiger partial charge in [0.25, 0.3) is 0 Å². The number of anilines is 1. The van der Waals surface area contributed by atoms with E-state index in [1.54, 1.807) is 0 Å². The molecule has 0 fully saturated rings. The highest BCUT2D eigenvalue weighted by atomic mass is 32.2. The van der Waals surface area contributed by atoms with Crippen LogP contribution in [-0.4, -0.2) is 31.8 Å². The fraction of sp³-hybridized carbons (Fsp3) is 0.143. The number of aryl methyl sites for hydroxylation is 1. The van der Waals surface area contributed by atoms with Crippen molar-refractivity contribution in [2.45, 2.75) is 12.1 Å². The van der Waals surface area contributed by atoms with Gasteiger partial charge in [0, 0.05) is 10.9 Å². The molecular formula is C14H13N5OS2. The van der Waals surface area contributed by atoms with Crippen LogP contribution in [0.25, 0.3) is 11.4 Å². The zero-order valence-corrected chi connectivity index (χ0v) is 13.4. The fourth-order valence-electron chi connectivity index (χ4n) is 1.73. The van der Waals surface area contributed by atoms with Crippen LogP contribution in [0.1, 0.15) is 5.69 Å². The molecule has 0 aliphatic heterocycles. The summed E-state index contributed by atoms with van der Waals surface area (Å²) in [5.74, 6) is 0.814. The minimum atomic E-state index is -0.120. The number of hydrogen-bond acceptors (Lipinski definition) is 6. The minimum absolute atomic E-state index is 0.120. The molecule has 2 aromatic heterocycles. The lowest BCUT2D eigenvalue weighted by molar-refractivity contribution is -0.113. The first-order chi connectivity index (χ1) is 10.7. The van der Waals surface area contributed by atoms with E-state index in [2.05, 4.69) is 25.5 Å². The van der Waals surface area contributed by atoms with Crippen LogP contribution in [0.5, 0.6) is 0 Å². The zero-order valence-electron chi connectivity index (χ0n) is 11.7. The van der Waals surface area contributed by atoms with E-state index in [4.69, 9.17) is 0 Å². The first kappa shape index (κ1) is 14.7. The molecular weight excluding hydrogens is 318 g/mol. The summed E-state index contributed by atoms with van der Waals surface area (Å²) in [6, 6.07) is 9.72. The molecule has 0 aliphatic rings. The van der Waals surface area contributed by atoms with Gasteiger partial charge in [-0.05, 0) is 6.92 Å². The number of carbonyl (C=O) groups excluding carboxylic acids is 1. The van der Waals surface area contributed by atoms with Crippen molar-refractivity contribution in [3.8, 4) is 11.4 Å². The quantitative estimate of drug-likeness (QED) is 0.702. The molecule has 0 spiro atoms. The topological polar surface area (TPSA) is 83.6 Å². The summed E-state index contributed by atoms with van der Waals surface area (Å²) >= 11 is 2.69. The Bertz CT molecular complexity index is 768. The number of thiazole rings is 1. The van der Waals surface area contributed by atoms with Crippen molar-refractivity contribution >= 4 is 34.1 Å². The predicted molar refractivity (Wildman–Crippen MR) is 88.0 cm³/mol. The largest absolute Gasteiger partial charge is 0.301 e. The molecule has 2 heterocycles. The molecule has 3 aromatic rings. The number of rotatable bonds is 5. The molecule has 2 N–H and O–H groups in total. The molecule has 0 radical (unpaired) electrons. The van der Waals surface area contributed by atoms with Gasteiger partial charge in [-0.15, -0.1) is 16.4 Å². The van der Waals surface area contributed by atoms with Gasteiger partial charge in [-0.2, -0.15) is 0 Å². The number of carbonyl (C=O) groups is 1. The van der Waals surface area contributed by atoms with Crippen molar-refractivity contribution in [1.82, 2.24) is 20.2 Å². The van der Waals surface area contributed by atoms with Crippen LogP contribution >= 0.6 is 23.1 Å². The highest BCUT2D eigenvalue weighted by Gasteiger charge is 2.10. The van der Waals surface area contributed by atoms with Crippen molar-refractivity contribution < 1.29 is 4.79 Å². The third-order valence-electron chi connectivity index (χ3n) is 2.71. The van der Waals surface area contributed by atoms with Crippen LogP contribution in [0.3, 0.4) is 0 Å². The van der Waals surface area contributed by atoms with Gasteiger partial charge in [-0.25, -0.2) is 9.97 Å². The molecule has 0 saturated heterocycles. The van der Waals surface area contributed by atoms with Crippen LogP contribution in [0, 0.1) is 6.92 Å². The maximum atomic E-state index is 11.8. The molecule has 3 rings (SSSR count). The number of H-pyrrole nitrogens is 1. The normalized spacial score (nSPS) is 10.6. The summed E-state index contributed by atoms with van der Waals surface area (Å²) in [5, 5.41) is 12.8. The number of thioether (sulfide) groups is 1. The molecule has 0 unspecified atom stereocenters. The second-order valence-electron chi connectivity index (χ2n) is 4.46. The van der Waals surface area contributed by atoms with E-state index in [0.717, 1.165) is 11.3 Å². The van der Waals surface area contributed by atoms with Crippen molar-refractivity contribution in [1.29, 1.82) is 0 Å². The van der Waals surface area contributed by atoms with Gasteiger partial charge in [-0.1, -0.05) is 42.1 Å². The molecule has 112 valence electrons. The van der Waals surface area contributed by atoms with Crippen LogP contribution in [0.4, 0.5) is 5.13 Å². The molecule has 1 aromatic carbocycles. The maximum Gasteiger partial charge on any atom is 0.236 e. The Balaban J connectivity index is 1.56. The van der Waals surface area contributed by atoms with Gasteiger partial charge in [0.15, 0.2) is 11.0 Å². The smallest absolute Gasteiger partial charge is 0.236 e. The first-order valence-electron chi connectivity index (χ1n) is 6.53. The van der Waals surface area contributed by atoms with Gasteiger partial charge in [0.1, 0.15) is 0 Å². The lowest BCUT2D eigenvalue weighted by atomic mass is 10.2. The second-order valence-corrected chi connectivity index (χ2v) is 6.26. The number of aromatic amines is 1. The van der Waals surface area contributed by atoms with E-state index < -0.39 is 0 Å². The highest BCUT2D eigenvalue weighted by molar-refractivity contribution is 7.99. The third-order valence-corrected chi connectivity index (χ3v) is 4.43. The second kappa shape index (κ2) is 6.71. The summed E-state index contributed by atoms with van der Waals surface area (Å²) in [6.45, 7) is 1.89. The minimum Gasteiger partial charge on any atom is -0.301 e. The van der Waals surface area contributed by atoms with Gasteiger partial charge < -0.3 is 5.32 Å². The molecule has 6 nitrogen and oxygen atoms in total. The van der Waals surface area contributed by atoms with Gasteiger partial charge >= 0.3 is 0 Å². The van der Waals surface area contributed by atoms with Gasteiger partial charge in [0.05, 0.1) is 11.4 Å². The summed E-state index contributed by atoms with van der Waals surface area (Å²) in [7, 11) is 0. The average Bonchev–Trinajstić information content (AvgIpc) is 3.15. The lowest BCUT2D eigenvalue weighted by Crippen LogP contribution is -2.13. The van der Waals surface area contributed by atoms with Crippen molar-refractivity contribution in [3.05, 3.63) is 41.4 Å². The number of benzene rings is 1. The average molecular weight is 331 g/mol. The standard InChI is InChI=1S/C14H13N5OS2/c1-9-7-21-13(15-9)16-11(20)8-22-14-17-12(18-19-14)10-5-3-2-4-6-10/h2-7H,8H2,1H3,(H,15,16,20)(H,17,18,19). The Labute approximate surface area is 135 Å². The molecule has 1 amide bonds. The van der Waals surface area contributed by atoms with E-state index in [9.17, 15) is 4.79 Å². The van der Waals surface area contributed by atoms with E-state index in [0.29, 0.717) is 16.1 Å². The third kappa shape index (κ3) is 3.71. The number of nitrogens with zero attached hydrogens (tertiary/aromatic N) is 3. The first-order valence-corrected chi connectivity index (χ1v) is 8.40. The molecule has 0 saturated carbocycles. The summed E-state index contributed by atoms with van der Waals surface area (Å²) < 4.78 is 0. The Morgan fingerprint density at radius 1 is 1.32 bits per heavy atom.